The van der Waals surface area contributed by atoms with Crippen LogP contribution in [0.2, 0.25) is 0 Å². The monoisotopic (exact) mass is 303 g/mol. The molecule has 118 valence electrons. The van der Waals surface area contributed by atoms with Crippen LogP contribution in [0.4, 0.5) is 0 Å². The predicted molar refractivity (Wildman–Crippen MR) is 82.0 cm³/mol. The van der Waals surface area contributed by atoms with Crippen LogP contribution >= 0.6 is 0 Å². The van der Waals surface area contributed by atoms with Gasteiger partial charge in [-0.05, 0) is 31.9 Å². The normalized spacial score (nSPS) is 12.1. The zero-order valence-corrected chi connectivity index (χ0v) is 12.7. The highest BCUT2D eigenvalue weighted by molar-refractivity contribution is 5.75. The maximum Gasteiger partial charge on any atom is 0.247 e. The summed E-state index contributed by atoms with van der Waals surface area (Å²) in [6, 6.07) is 9.57. The minimum absolute atomic E-state index is 0.0246. The maximum atomic E-state index is 11.6. The number of nitrogens with one attached hydrogen (secondary N) is 1. The van der Waals surface area contributed by atoms with Crippen LogP contribution in [-0.4, -0.2) is 33.9 Å². The molecule has 0 aliphatic heterocycles. The van der Waals surface area contributed by atoms with Gasteiger partial charge in [-0.1, -0.05) is 18.2 Å². The summed E-state index contributed by atoms with van der Waals surface area (Å²) in [5, 5.41) is 19.9. The Morgan fingerprint density at radius 2 is 2.09 bits per heavy atom. The number of hydrogen-bond donors (Lipinski definition) is 2. The SMILES string of the molecule is CC(O)CCNC(=O)CCCc1nnc(-c2ccccc2)o1. The van der Waals surface area contributed by atoms with E-state index >= 15 is 0 Å². The maximum absolute atomic E-state index is 11.6. The molecule has 0 saturated carbocycles. The van der Waals surface area contributed by atoms with E-state index in [1.807, 2.05) is 30.3 Å². The van der Waals surface area contributed by atoms with Gasteiger partial charge in [-0.3, -0.25) is 4.79 Å². The number of aliphatic hydroxyl groups is 1. The molecule has 22 heavy (non-hydrogen) atoms. The first-order valence-corrected chi connectivity index (χ1v) is 7.47. The van der Waals surface area contributed by atoms with Gasteiger partial charge in [0.2, 0.25) is 17.7 Å². The van der Waals surface area contributed by atoms with Gasteiger partial charge in [-0.2, -0.15) is 0 Å². The molecular formula is C16H21N3O3. The molecule has 2 rings (SSSR count). The van der Waals surface area contributed by atoms with E-state index in [0.717, 1.165) is 5.56 Å². The van der Waals surface area contributed by atoms with Crippen LogP contribution in [0.5, 0.6) is 0 Å². The quantitative estimate of drug-likeness (QED) is 0.778. The molecule has 1 aromatic heterocycles. The highest BCUT2D eigenvalue weighted by Crippen LogP contribution is 2.17. The molecule has 0 spiro atoms. The van der Waals surface area contributed by atoms with Crippen LogP contribution in [0.25, 0.3) is 11.5 Å². The van der Waals surface area contributed by atoms with Gasteiger partial charge in [0.1, 0.15) is 0 Å². The van der Waals surface area contributed by atoms with E-state index in [0.29, 0.717) is 44.0 Å². The standard InChI is InChI=1S/C16H21N3O3/c1-12(20)10-11-17-14(21)8-5-9-15-18-19-16(22-15)13-6-3-2-4-7-13/h2-4,6-7,12,20H,5,8-11H2,1H3,(H,17,21). The molecule has 6 heteroatoms. The van der Waals surface area contributed by atoms with Crippen molar-refractivity contribution in [3.63, 3.8) is 0 Å². The molecule has 2 N–H and O–H groups in total. The molecule has 0 radical (unpaired) electrons. The second-order valence-corrected chi connectivity index (χ2v) is 5.21. The van der Waals surface area contributed by atoms with Crippen molar-refractivity contribution < 1.29 is 14.3 Å². The molecule has 1 amide bonds. The van der Waals surface area contributed by atoms with Crippen molar-refractivity contribution in [3.05, 3.63) is 36.2 Å². The minimum Gasteiger partial charge on any atom is -0.421 e. The number of aryl methyl sites for hydroxylation is 1. The van der Waals surface area contributed by atoms with Crippen molar-refractivity contribution in [2.75, 3.05) is 6.54 Å². The average molecular weight is 303 g/mol. The summed E-state index contributed by atoms with van der Waals surface area (Å²) in [7, 11) is 0. The first-order chi connectivity index (χ1) is 10.6. The first kappa shape index (κ1) is 16.2. The number of amides is 1. The fourth-order valence-corrected chi connectivity index (χ4v) is 1.96. The zero-order chi connectivity index (χ0) is 15.8. The van der Waals surface area contributed by atoms with Gasteiger partial charge in [0.15, 0.2) is 0 Å². The average Bonchev–Trinajstić information content (AvgIpc) is 2.97. The number of aliphatic hydroxyl groups excluding tert-OH is 1. The number of aromatic nitrogens is 2. The second kappa shape index (κ2) is 8.29. The summed E-state index contributed by atoms with van der Waals surface area (Å²) in [4.78, 5) is 11.6. The molecule has 1 unspecified atom stereocenters. The lowest BCUT2D eigenvalue weighted by Gasteiger charge is -2.05. The zero-order valence-electron chi connectivity index (χ0n) is 12.7. The Balaban J connectivity index is 1.72. The summed E-state index contributed by atoms with van der Waals surface area (Å²) in [6.07, 6.45) is 1.80. The molecule has 2 aromatic rings. The topological polar surface area (TPSA) is 88.2 Å². The van der Waals surface area contributed by atoms with Crippen molar-refractivity contribution in [2.24, 2.45) is 0 Å². The molecule has 0 aliphatic carbocycles. The number of rotatable bonds is 8. The molecule has 0 aliphatic rings. The molecule has 0 saturated heterocycles. The van der Waals surface area contributed by atoms with Crippen molar-refractivity contribution in [1.82, 2.24) is 15.5 Å². The number of nitrogens with zero attached hydrogens (tertiary/aromatic N) is 2. The van der Waals surface area contributed by atoms with Gasteiger partial charge < -0.3 is 14.8 Å². The van der Waals surface area contributed by atoms with E-state index in [1.54, 1.807) is 6.92 Å². The summed E-state index contributed by atoms with van der Waals surface area (Å²) in [5.74, 6) is 1.01. The largest absolute Gasteiger partial charge is 0.421 e. The van der Waals surface area contributed by atoms with E-state index < -0.39 is 6.10 Å². The lowest BCUT2D eigenvalue weighted by molar-refractivity contribution is -0.121. The Kier molecular flexibility index (Phi) is 6.09. The van der Waals surface area contributed by atoms with Crippen LogP contribution in [-0.2, 0) is 11.2 Å². The summed E-state index contributed by atoms with van der Waals surface area (Å²) in [5.41, 5.74) is 0.886. The lowest BCUT2D eigenvalue weighted by atomic mass is 10.2. The Bertz CT molecular complexity index is 581. The molecule has 1 heterocycles. The molecule has 0 fully saturated rings. The van der Waals surface area contributed by atoms with E-state index in [4.69, 9.17) is 9.52 Å². The fourth-order valence-electron chi connectivity index (χ4n) is 1.96. The third kappa shape index (κ3) is 5.29. The highest BCUT2D eigenvalue weighted by atomic mass is 16.4. The van der Waals surface area contributed by atoms with Crippen molar-refractivity contribution >= 4 is 5.91 Å². The van der Waals surface area contributed by atoms with Crippen LogP contribution < -0.4 is 5.32 Å². The van der Waals surface area contributed by atoms with E-state index in [9.17, 15) is 4.79 Å². The molecule has 1 atom stereocenters. The predicted octanol–water partition coefficient (Wildman–Crippen LogP) is 1.95. The summed E-state index contributed by atoms with van der Waals surface area (Å²) >= 11 is 0. The number of hydrogen-bond acceptors (Lipinski definition) is 5. The fraction of sp³-hybridized carbons (Fsp3) is 0.438. The summed E-state index contributed by atoms with van der Waals surface area (Å²) < 4.78 is 5.58. The van der Waals surface area contributed by atoms with E-state index in [-0.39, 0.29) is 5.91 Å². The van der Waals surface area contributed by atoms with Gasteiger partial charge in [0, 0.05) is 24.9 Å². The van der Waals surface area contributed by atoms with Crippen molar-refractivity contribution in [3.8, 4) is 11.5 Å². The van der Waals surface area contributed by atoms with Gasteiger partial charge in [-0.15, -0.1) is 10.2 Å². The van der Waals surface area contributed by atoms with Gasteiger partial charge in [-0.25, -0.2) is 0 Å². The lowest BCUT2D eigenvalue weighted by Crippen LogP contribution is -2.26. The number of carbonyl (C=O) groups excluding carboxylic acids is 1. The Hall–Kier alpha value is -2.21. The first-order valence-electron chi connectivity index (χ1n) is 7.47. The van der Waals surface area contributed by atoms with Crippen LogP contribution in [0.15, 0.2) is 34.7 Å². The van der Waals surface area contributed by atoms with Crippen LogP contribution in [0, 0.1) is 0 Å². The third-order valence-corrected chi connectivity index (χ3v) is 3.17. The van der Waals surface area contributed by atoms with E-state index in [1.165, 1.54) is 0 Å². The Morgan fingerprint density at radius 3 is 2.82 bits per heavy atom. The molecule has 0 bridgehead atoms. The molecular weight excluding hydrogens is 282 g/mol. The highest BCUT2D eigenvalue weighted by Gasteiger charge is 2.09. The second-order valence-electron chi connectivity index (χ2n) is 5.21. The number of benzene rings is 1. The van der Waals surface area contributed by atoms with Crippen LogP contribution in [0.3, 0.4) is 0 Å². The van der Waals surface area contributed by atoms with Gasteiger partial charge in [0.05, 0.1) is 6.10 Å². The summed E-state index contributed by atoms with van der Waals surface area (Å²) in [6.45, 7) is 2.20. The smallest absolute Gasteiger partial charge is 0.247 e. The Morgan fingerprint density at radius 1 is 1.32 bits per heavy atom. The van der Waals surface area contributed by atoms with Crippen molar-refractivity contribution in [2.45, 2.75) is 38.7 Å². The Labute approximate surface area is 129 Å². The van der Waals surface area contributed by atoms with Gasteiger partial charge in [0.25, 0.3) is 0 Å². The molecule has 6 nitrogen and oxygen atoms in total. The van der Waals surface area contributed by atoms with Crippen LogP contribution in [0.1, 0.15) is 32.1 Å². The minimum atomic E-state index is -0.393. The van der Waals surface area contributed by atoms with Gasteiger partial charge >= 0.3 is 0 Å². The number of carbonyl (C=O) groups is 1. The van der Waals surface area contributed by atoms with Crippen molar-refractivity contribution in [1.29, 1.82) is 0 Å². The van der Waals surface area contributed by atoms with E-state index in [2.05, 4.69) is 15.5 Å². The third-order valence-electron chi connectivity index (χ3n) is 3.17. The molecule has 1 aromatic carbocycles.